The zero-order valence-electron chi connectivity index (χ0n) is 25.5. The summed E-state index contributed by atoms with van der Waals surface area (Å²) >= 11 is 1.68. The fourth-order valence-corrected chi connectivity index (χ4v) is 7.94. The summed E-state index contributed by atoms with van der Waals surface area (Å²) in [6, 6.07) is 17.9. The van der Waals surface area contributed by atoms with E-state index in [9.17, 15) is 14.7 Å². The van der Waals surface area contributed by atoms with Crippen molar-refractivity contribution in [3.8, 4) is 11.3 Å². The molecule has 2 saturated heterocycles. The van der Waals surface area contributed by atoms with Crippen molar-refractivity contribution < 1.29 is 19.4 Å². The zero-order valence-corrected chi connectivity index (χ0v) is 26.3. The van der Waals surface area contributed by atoms with Crippen LogP contribution in [-0.2, 0) is 9.53 Å². The van der Waals surface area contributed by atoms with Crippen LogP contribution in [0.15, 0.2) is 60.0 Å². The molecule has 1 aliphatic carbocycles. The Morgan fingerprint density at radius 1 is 0.977 bits per heavy atom. The van der Waals surface area contributed by atoms with Crippen LogP contribution >= 0.6 is 11.3 Å². The number of carbonyl (C=O) groups is 2. The number of benzene rings is 2. The number of thiazole rings is 1. The topological polar surface area (TPSA) is 95.0 Å². The van der Waals surface area contributed by atoms with E-state index in [4.69, 9.17) is 9.72 Å². The van der Waals surface area contributed by atoms with Crippen molar-refractivity contribution in [2.45, 2.75) is 68.9 Å². The Morgan fingerprint density at radius 3 is 2.36 bits per heavy atom. The third kappa shape index (κ3) is 7.07. The number of rotatable bonds is 10. The Balaban J connectivity index is 1.08. The highest BCUT2D eigenvalue weighted by Gasteiger charge is 2.41. The van der Waals surface area contributed by atoms with Crippen LogP contribution in [0.25, 0.3) is 11.3 Å². The summed E-state index contributed by atoms with van der Waals surface area (Å²) in [7, 11) is 0. The third-order valence-corrected chi connectivity index (χ3v) is 10.7. The van der Waals surface area contributed by atoms with Crippen LogP contribution in [0.2, 0.25) is 0 Å². The molecule has 6 rings (SSSR count). The second-order valence-electron chi connectivity index (χ2n) is 12.5. The van der Waals surface area contributed by atoms with Gasteiger partial charge < -0.3 is 20.1 Å². The molecule has 0 unspecified atom stereocenters. The number of hydrogen-bond donors (Lipinski definition) is 2. The molecule has 44 heavy (non-hydrogen) atoms. The van der Waals surface area contributed by atoms with Gasteiger partial charge in [0.1, 0.15) is 0 Å². The first-order chi connectivity index (χ1) is 21.5. The molecular weight excluding hydrogens is 572 g/mol. The number of hydrogen-bond acceptors (Lipinski definition) is 8. The molecule has 8 nitrogen and oxygen atoms in total. The van der Waals surface area contributed by atoms with Crippen LogP contribution in [0.5, 0.6) is 0 Å². The SMILES string of the molecule is O=C(NC1(C(=O)C[C@H](CO)c2ccccc2)CCCCC1)c1ccc(-c2csc(N3CCC(N4CCOCC4)CC3)n2)cc1. The molecule has 2 aliphatic heterocycles. The predicted octanol–water partition coefficient (Wildman–Crippen LogP) is 5.28. The van der Waals surface area contributed by atoms with E-state index >= 15 is 0 Å². The minimum atomic E-state index is -0.894. The number of aliphatic hydroxyl groups excluding tert-OH is 1. The van der Waals surface area contributed by atoms with Gasteiger partial charge in [0.15, 0.2) is 10.9 Å². The van der Waals surface area contributed by atoms with Crippen LogP contribution in [0, 0.1) is 0 Å². The second-order valence-corrected chi connectivity index (χ2v) is 13.3. The summed E-state index contributed by atoms with van der Waals surface area (Å²) in [6.07, 6.45) is 6.63. The number of anilines is 1. The number of ketones is 1. The van der Waals surface area contributed by atoms with Gasteiger partial charge >= 0.3 is 0 Å². The van der Waals surface area contributed by atoms with Crippen molar-refractivity contribution in [3.05, 3.63) is 71.1 Å². The summed E-state index contributed by atoms with van der Waals surface area (Å²) < 4.78 is 5.52. The largest absolute Gasteiger partial charge is 0.396 e. The fourth-order valence-electron chi connectivity index (χ4n) is 7.05. The van der Waals surface area contributed by atoms with Crippen LogP contribution in [0.3, 0.4) is 0 Å². The Kier molecular flexibility index (Phi) is 10.1. The first-order valence-electron chi connectivity index (χ1n) is 16.2. The van der Waals surface area contributed by atoms with E-state index in [-0.39, 0.29) is 30.6 Å². The molecule has 3 heterocycles. The summed E-state index contributed by atoms with van der Waals surface area (Å²) in [5, 5.41) is 16.4. The van der Waals surface area contributed by atoms with E-state index in [0.717, 1.165) is 93.4 Å². The number of morpholine rings is 1. The molecule has 3 aliphatic rings. The van der Waals surface area contributed by atoms with E-state index in [0.29, 0.717) is 24.4 Å². The van der Waals surface area contributed by atoms with Crippen molar-refractivity contribution in [2.24, 2.45) is 0 Å². The molecule has 1 atom stereocenters. The molecule has 9 heteroatoms. The van der Waals surface area contributed by atoms with E-state index in [2.05, 4.69) is 20.5 Å². The Hall–Kier alpha value is -3.11. The quantitative estimate of drug-likeness (QED) is 0.320. The van der Waals surface area contributed by atoms with Crippen LogP contribution in [-0.4, -0.2) is 84.3 Å². The first kappa shape index (κ1) is 30.9. The Bertz CT molecular complexity index is 1380. The predicted molar refractivity (Wildman–Crippen MR) is 174 cm³/mol. The van der Waals surface area contributed by atoms with Crippen molar-refractivity contribution in [1.82, 2.24) is 15.2 Å². The van der Waals surface area contributed by atoms with Gasteiger partial charge in [0.25, 0.3) is 5.91 Å². The van der Waals surface area contributed by atoms with Gasteiger partial charge in [0.2, 0.25) is 0 Å². The van der Waals surface area contributed by atoms with E-state index in [1.807, 2.05) is 54.6 Å². The third-order valence-electron chi connectivity index (χ3n) is 9.75. The van der Waals surface area contributed by atoms with Gasteiger partial charge in [-0.25, -0.2) is 4.98 Å². The Morgan fingerprint density at radius 2 is 1.68 bits per heavy atom. The molecule has 234 valence electrons. The number of nitrogens with zero attached hydrogens (tertiary/aromatic N) is 3. The fraction of sp³-hybridized carbons (Fsp3) is 0.514. The standard InChI is InChI=1S/C35H44N4O4S/c40-24-29(26-7-3-1-4-8-26)23-32(41)35(15-5-2-6-16-35)37-33(42)28-11-9-27(10-12-28)31-25-44-34(36-31)39-17-13-30(14-18-39)38-19-21-43-22-20-38/h1,3-4,7-12,25,29-30,40H,2,5-6,13-24H2,(H,37,42)/t29-/m1/s1. The van der Waals surface area contributed by atoms with Crippen LogP contribution in [0.4, 0.5) is 5.13 Å². The van der Waals surface area contributed by atoms with Gasteiger partial charge in [-0.05, 0) is 43.4 Å². The summed E-state index contributed by atoms with van der Waals surface area (Å²) in [5.74, 6) is -0.499. The van der Waals surface area contributed by atoms with Gasteiger partial charge in [-0.2, -0.15) is 0 Å². The average molecular weight is 617 g/mol. The highest BCUT2D eigenvalue weighted by molar-refractivity contribution is 7.14. The number of Topliss-reactive ketones (excluding diaryl/α,β-unsaturated/α-hetero) is 1. The number of nitrogens with one attached hydrogen (secondary N) is 1. The van der Waals surface area contributed by atoms with Crippen molar-refractivity contribution in [3.63, 3.8) is 0 Å². The highest BCUT2D eigenvalue weighted by atomic mass is 32.1. The summed E-state index contributed by atoms with van der Waals surface area (Å²) in [6.45, 7) is 5.68. The molecule has 1 saturated carbocycles. The Labute approximate surface area is 264 Å². The molecule has 2 N–H and O–H groups in total. The number of aliphatic hydroxyl groups is 1. The minimum Gasteiger partial charge on any atom is -0.396 e. The summed E-state index contributed by atoms with van der Waals surface area (Å²) in [4.78, 5) is 37.2. The number of carbonyl (C=O) groups excluding carboxylic acids is 2. The molecule has 2 aromatic carbocycles. The minimum absolute atomic E-state index is 0.00838. The first-order valence-corrected chi connectivity index (χ1v) is 17.1. The maximum Gasteiger partial charge on any atom is 0.252 e. The maximum absolute atomic E-state index is 13.8. The van der Waals surface area contributed by atoms with Crippen molar-refractivity contribution >= 4 is 28.2 Å². The lowest BCUT2D eigenvalue weighted by atomic mass is 9.75. The number of aromatic nitrogens is 1. The highest BCUT2D eigenvalue weighted by Crippen LogP contribution is 2.34. The van der Waals surface area contributed by atoms with E-state index < -0.39 is 5.54 Å². The lowest BCUT2D eigenvalue weighted by Gasteiger charge is -2.40. The number of ether oxygens (including phenoxy) is 1. The molecular formula is C35H44N4O4S. The second kappa shape index (κ2) is 14.3. The molecule has 3 fully saturated rings. The number of amides is 1. The van der Waals surface area contributed by atoms with E-state index in [1.165, 1.54) is 0 Å². The average Bonchev–Trinajstić information content (AvgIpc) is 3.59. The lowest BCUT2D eigenvalue weighted by molar-refractivity contribution is -0.127. The monoisotopic (exact) mass is 616 g/mol. The molecule has 1 aromatic heterocycles. The van der Waals surface area contributed by atoms with Gasteiger partial charge in [-0.15, -0.1) is 11.3 Å². The van der Waals surface area contributed by atoms with Crippen molar-refractivity contribution in [1.29, 1.82) is 0 Å². The molecule has 3 aromatic rings. The summed E-state index contributed by atoms with van der Waals surface area (Å²) in [5.41, 5.74) is 2.48. The molecule has 0 spiro atoms. The van der Waals surface area contributed by atoms with Gasteiger partial charge in [0, 0.05) is 61.1 Å². The van der Waals surface area contributed by atoms with E-state index in [1.54, 1.807) is 11.3 Å². The zero-order chi connectivity index (χ0) is 30.4. The van der Waals surface area contributed by atoms with Crippen LogP contribution in [0.1, 0.15) is 73.2 Å². The van der Waals surface area contributed by atoms with Crippen molar-refractivity contribution in [2.75, 3.05) is 50.9 Å². The smallest absolute Gasteiger partial charge is 0.252 e. The normalized spacial score (nSPS) is 20.2. The van der Waals surface area contributed by atoms with Gasteiger partial charge in [-0.3, -0.25) is 14.5 Å². The molecule has 0 radical (unpaired) electrons. The number of piperidine rings is 1. The van der Waals surface area contributed by atoms with Gasteiger partial charge in [-0.1, -0.05) is 61.7 Å². The maximum atomic E-state index is 13.8. The van der Waals surface area contributed by atoms with Gasteiger partial charge in [0.05, 0.1) is 31.1 Å². The lowest BCUT2D eigenvalue weighted by Crippen LogP contribution is -2.56. The molecule has 1 amide bonds. The molecule has 0 bridgehead atoms. The van der Waals surface area contributed by atoms with Crippen LogP contribution < -0.4 is 10.2 Å².